The van der Waals surface area contributed by atoms with Crippen LogP contribution >= 0.6 is 0 Å². The first-order chi connectivity index (χ1) is 6.81. The van der Waals surface area contributed by atoms with Crippen molar-refractivity contribution in [3.63, 3.8) is 0 Å². The summed E-state index contributed by atoms with van der Waals surface area (Å²) >= 11 is 0. The Kier molecular flexibility index (Phi) is 2.48. The third-order valence-electron chi connectivity index (χ3n) is 2.52. The van der Waals surface area contributed by atoms with Gasteiger partial charge in [-0.05, 0) is 29.3 Å². The lowest BCUT2D eigenvalue weighted by Gasteiger charge is -2.10. The average Bonchev–Trinajstić information content (AvgIpc) is 2.27. The average molecular weight is 186 g/mol. The van der Waals surface area contributed by atoms with E-state index in [1.165, 1.54) is 16.3 Å². The quantitative estimate of drug-likeness (QED) is 0.558. The fourth-order valence-electron chi connectivity index (χ4n) is 1.57. The lowest BCUT2D eigenvalue weighted by Crippen LogP contribution is -2.25. The van der Waals surface area contributed by atoms with Gasteiger partial charge in [-0.15, -0.1) is 0 Å². The molecule has 0 amide bonds. The number of benzene rings is 2. The molecule has 1 atom stereocenters. The van der Waals surface area contributed by atoms with Gasteiger partial charge in [0, 0.05) is 6.04 Å². The maximum atomic E-state index is 5.40. The van der Waals surface area contributed by atoms with Crippen molar-refractivity contribution in [2.75, 3.05) is 0 Å². The summed E-state index contributed by atoms with van der Waals surface area (Å²) in [5.41, 5.74) is 3.96. The second kappa shape index (κ2) is 3.78. The molecule has 1 unspecified atom stereocenters. The molecule has 2 nitrogen and oxygen atoms in total. The molecule has 2 aromatic rings. The number of hydrazine groups is 1. The Balaban J connectivity index is 2.51. The van der Waals surface area contributed by atoms with Crippen molar-refractivity contribution in [1.82, 2.24) is 5.43 Å². The van der Waals surface area contributed by atoms with E-state index in [-0.39, 0.29) is 6.04 Å². The molecule has 0 saturated carbocycles. The van der Waals surface area contributed by atoms with Crippen LogP contribution in [0.2, 0.25) is 0 Å². The molecule has 2 heteroatoms. The highest BCUT2D eigenvalue weighted by Gasteiger charge is 2.02. The summed E-state index contributed by atoms with van der Waals surface area (Å²) in [5, 5.41) is 2.52. The molecule has 72 valence electrons. The van der Waals surface area contributed by atoms with Crippen molar-refractivity contribution in [2.45, 2.75) is 13.0 Å². The standard InChI is InChI=1S/C12H14N2/c1-9(14-13)11-7-6-10-4-2-3-5-12(10)8-11/h2-9,14H,13H2,1H3. The first-order valence-electron chi connectivity index (χ1n) is 4.76. The largest absolute Gasteiger partial charge is 0.271 e. The fourth-order valence-corrected chi connectivity index (χ4v) is 1.57. The minimum Gasteiger partial charge on any atom is -0.271 e. The predicted octanol–water partition coefficient (Wildman–Crippen LogP) is 2.36. The molecule has 14 heavy (non-hydrogen) atoms. The maximum absolute atomic E-state index is 5.40. The van der Waals surface area contributed by atoms with E-state index in [0.717, 1.165) is 0 Å². The molecule has 2 aromatic carbocycles. The highest BCUT2D eigenvalue weighted by Crippen LogP contribution is 2.19. The summed E-state index contributed by atoms with van der Waals surface area (Å²) < 4.78 is 0. The van der Waals surface area contributed by atoms with Crippen LogP contribution in [0.5, 0.6) is 0 Å². The Hall–Kier alpha value is -1.38. The number of nitrogens with one attached hydrogen (secondary N) is 1. The van der Waals surface area contributed by atoms with E-state index >= 15 is 0 Å². The van der Waals surface area contributed by atoms with Crippen LogP contribution in [0.4, 0.5) is 0 Å². The van der Waals surface area contributed by atoms with Crippen LogP contribution in [0, 0.1) is 0 Å². The Morgan fingerprint density at radius 2 is 1.79 bits per heavy atom. The minimum absolute atomic E-state index is 0.194. The van der Waals surface area contributed by atoms with Crippen molar-refractivity contribution in [3.05, 3.63) is 48.0 Å². The number of hydrogen-bond donors (Lipinski definition) is 2. The molecule has 0 bridgehead atoms. The van der Waals surface area contributed by atoms with Crippen molar-refractivity contribution < 1.29 is 0 Å². The zero-order valence-corrected chi connectivity index (χ0v) is 8.20. The smallest absolute Gasteiger partial charge is 0.0432 e. The molecular weight excluding hydrogens is 172 g/mol. The van der Waals surface area contributed by atoms with Crippen molar-refractivity contribution in [1.29, 1.82) is 0 Å². The Morgan fingerprint density at radius 3 is 2.50 bits per heavy atom. The molecule has 0 radical (unpaired) electrons. The molecule has 0 spiro atoms. The maximum Gasteiger partial charge on any atom is 0.0432 e. The molecular formula is C12H14N2. The van der Waals surface area contributed by atoms with E-state index in [0.29, 0.717) is 0 Å². The van der Waals surface area contributed by atoms with Crippen LogP contribution < -0.4 is 11.3 Å². The van der Waals surface area contributed by atoms with Gasteiger partial charge in [0.2, 0.25) is 0 Å². The van der Waals surface area contributed by atoms with Gasteiger partial charge in [-0.2, -0.15) is 0 Å². The van der Waals surface area contributed by atoms with Gasteiger partial charge in [0.05, 0.1) is 0 Å². The summed E-state index contributed by atoms with van der Waals surface area (Å²) in [6.07, 6.45) is 0. The van der Waals surface area contributed by atoms with Gasteiger partial charge < -0.3 is 0 Å². The van der Waals surface area contributed by atoms with E-state index in [1.807, 2.05) is 19.1 Å². The molecule has 0 saturated heterocycles. The predicted molar refractivity (Wildman–Crippen MR) is 59.7 cm³/mol. The van der Waals surface area contributed by atoms with Gasteiger partial charge in [-0.1, -0.05) is 36.4 Å². The van der Waals surface area contributed by atoms with E-state index in [9.17, 15) is 0 Å². The zero-order valence-electron chi connectivity index (χ0n) is 8.20. The molecule has 0 aliphatic carbocycles. The molecule has 0 aromatic heterocycles. The summed E-state index contributed by atoms with van der Waals surface area (Å²) in [5.74, 6) is 5.40. The lowest BCUT2D eigenvalue weighted by atomic mass is 10.0. The van der Waals surface area contributed by atoms with Gasteiger partial charge in [-0.3, -0.25) is 11.3 Å². The van der Waals surface area contributed by atoms with Gasteiger partial charge in [0.1, 0.15) is 0 Å². The van der Waals surface area contributed by atoms with Crippen LogP contribution in [0.3, 0.4) is 0 Å². The number of hydrogen-bond acceptors (Lipinski definition) is 2. The summed E-state index contributed by atoms with van der Waals surface area (Å²) in [4.78, 5) is 0. The number of fused-ring (bicyclic) bond motifs is 1. The minimum atomic E-state index is 0.194. The monoisotopic (exact) mass is 186 g/mol. The normalized spacial score (nSPS) is 13.0. The van der Waals surface area contributed by atoms with Crippen LogP contribution in [0.15, 0.2) is 42.5 Å². The third-order valence-corrected chi connectivity index (χ3v) is 2.52. The highest BCUT2D eigenvalue weighted by atomic mass is 15.2. The van der Waals surface area contributed by atoms with E-state index in [4.69, 9.17) is 5.84 Å². The molecule has 0 fully saturated rings. The highest BCUT2D eigenvalue weighted by molar-refractivity contribution is 5.83. The van der Waals surface area contributed by atoms with Crippen molar-refractivity contribution >= 4 is 10.8 Å². The zero-order chi connectivity index (χ0) is 9.97. The molecule has 0 heterocycles. The van der Waals surface area contributed by atoms with Crippen molar-refractivity contribution in [2.24, 2.45) is 5.84 Å². The summed E-state index contributed by atoms with van der Waals surface area (Å²) in [6, 6.07) is 14.9. The fraction of sp³-hybridized carbons (Fsp3) is 0.167. The van der Waals surface area contributed by atoms with Gasteiger partial charge >= 0.3 is 0 Å². The van der Waals surface area contributed by atoms with Gasteiger partial charge in [0.25, 0.3) is 0 Å². The number of rotatable bonds is 2. The molecule has 2 rings (SSSR count). The van der Waals surface area contributed by atoms with E-state index < -0.39 is 0 Å². The first kappa shape index (κ1) is 9.19. The topological polar surface area (TPSA) is 38.0 Å². The second-order valence-corrected chi connectivity index (χ2v) is 3.49. The van der Waals surface area contributed by atoms with Gasteiger partial charge in [-0.25, -0.2) is 0 Å². The Morgan fingerprint density at radius 1 is 1.07 bits per heavy atom. The van der Waals surface area contributed by atoms with Crippen LogP contribution in [0.25, 0.3) is 10.8 Å². The van der Waals surface area contributed by atoms with E-state index in [2.05, 4.69) is 35.8 Å². The van der Waals surface area contributed by atoms with Crippen LogP contribution in [-0.4, -0.2) is 0 Å². The summed E-state index contributed by atoms with van der Waals surface area (Å²) in [6.45, 7) is 2.05. The molecule has 0 aliphatic rings. The number of nitrogens with two attached hydrogens (primary N) is 1. The summed E-state index contributed by atoms with van der Waals surface area (Å²) in [7, 11) is 0. The second-order valence-electron chi connectivity index (χ2n) is 3.49. The molecule has 3 N–H and O–H groups in total. The van der Waals surface area contributed by atoms with Gasteiger partial charge in [0.15, 0.2) is 0 Å². The lowest BCUT2D eigenvalue weighted by molar-refractivity contribution is 0.603. The van der Waals surface area contributed by atoms with Crippen LogP contribution in [0.1, 0.15) is 18.5 Å². The SMILES string of the molecule is CC(NN)c1ccc2ccccc2c1. The van der Waals surface area contributed by atoms with E-state index in [1.54, 1.807) is 0 Å². The Labute approximate surface area is 83.7 Å². The van der Waals surface area contributed by atoms with Crippen LogP contribution in [-0.2, 0) is 0 Å². The Bertz CT molecular complexity index is 437. The molecule has 0 aliphatic heterocycles. The first-order valence-corrected chi connectivity index (χ1v) is 4.76. The van der Waals surface area contributed by atoms with Crippen molar-refractivity contribution in [3.8, 4) is 0 Å². The third kappa shape index (κ3) is 1.62.